The average Bonchev–Trinajstić information content (AvgIpc) is 2.69. The van der Waals surface area contributed by atoms with Crippen LogP contribution in [0.3, 0.4) is 0 Å². The van der Waals surface area contributed by atoms with E-state index in [0.29, 0.717) is 13.1 Å². The largest absolute Gasteiger partial charge is 0.348 e. The van der Waals surface area contributed by atoms with E-state index in [4.69, 9.17) is 5.73 Å². The molecule has 0 aliphatic carbocycles. The van der Waals surface area contributed by atoms with E-state index in [0.717, 1.165) is 45.3 Å². The molecule has 0 aromatic rings. The van der Waals surface area contributed by atoms with Gasteiger partial charge in [-0.05, 0) is 12.8 Å². The zero-order valence-electron chi connectivity index (χ0n) is 13.7. The van der Waals surface area contributed by atoms with Gasteiger partial charge < -0.3 is 15.5 Å². The second-order valence-electron chi connectivity index (χ2n) is 5.99. The molecule has 1 heterocycles. The lowest BCUT2D eigenvalue weighted by Gasteiger charge is -2.25. The number of rotatable bonds is 6. The third kappa shape index (κ3) is 6.01. The predicted octanol–water partition coefficient (Wildman–Crippen LogP) is 0.126. The van der Waals surface area contributed by atoms with Crippen LogP contribution in [-0.4, -0.2) is 79.4 Å². The Bertz CT molecular complexity index is 347. The quantitative estimate of drug-likeness (QED) is 0.756. The molecule has 1 saturated heterocycles. The Morgan fingerprint density at radius 1 is 1.19 bits per heavy atom. The van der Waals surface area contributed by atoms with Crippen LogP contribution in [0.25, 0.3) is 0 Å². The van der Waals surface area contributed by atoms with Gasteiger partial charge in [0, 0.05) is 40.3 Å². The summed E-state index contributed by atoms with van der Waals surface area (Å²) in [5.41, 5.74) is 5.97. The zero-order chi connectivity index (χ0) is 15.8. The fraction of sp³-hybridized carbons (Fsp3) is 0.867. The van der Waals surface area contributed by atoms with Crippen molar-refractivity contribution in [3.8, 4) is 0 Å². The maximum absolute atomic E-state index is 12.3. The first-order valence-electron chi connectivity index (χ1n) is 7.92. The van der Waals surface area contributed by atoms with E-state index < -0.39 is 0 Å². The van der Waals surface area contributed by atoms with Crippen LogP contribution in [0.15, 0.2) is 0 Å². The van der Waals surface area contributed by atoms with E-state index in [-0.39, 0.29) is 17.9 Å². The summed E-state index contributed by atoms with van der Waals surface area (Å²) in [5.74, 6) is 0.165. The zero-order valence-corrected chi connectivity index (χ0v) is 13.7. The van der Waals surface area contributed by atoms with Gasteiger partial charge in [-0.15, -0.1) is 0 Å². The Morgan fingerprint density at radius 2 is 1.90 bits per heavy atom. The molecule has 2 amide bonds. The van der Waals surface area contributed by atoms with Gasteiger partial charge in [0.05, 0.1) is 12.6 Å². The molecule has 1 fully saturated rings. The summed E-state index contributed by atoms with van der Waals surface area (Å²) < 4.78 is 0. The standard InChI is InChI=1S/C15H30N4O2/c1-4-5-7-13(16)15(21)19-9-6-8-18(10-11-19)12-14(20)17(2)3/h13H,4-12,16H2,1-3H3/t13-/m0/s1. The van der Waals surface area contributed by atoms with Crippen LogP contribution < -0.4 is 5.73 Å². The monoisotopic (exact) mass is 298 g/mol. The van der Waals surface area contributed by atoms with Crippen LogP contribution in [-0.2, 0) is 9.59 Å². The summed E-state index contributed by atoms with van der Waals surface area (Å²) in [7, 11) is 3.53. The number of unbranched alkanes of at least 4 members (excludes halogenated alkanes) is 1. The van der Waals surface area contributed by atoms with Gasteiger partial charge >= 0.3 is 0 Å². The number of carbonyl (C=O) groups excluding carboxylic acids is 2. The number of hydrogen-bond acceptors (Lipinski definition) is 4. The molecule has 122 valence electrons. The maximum atomic E-state index is 12.3. The average molecular weight is 298 g/mol. The number of carbonyl (C=O) groups is 2. The molecular weight excluding hydrogens is 268 g/mol. The molecule has 0 aromatic heterocycles. The van der Waals surface area contributed by atoms with Crippen molar-refractivity contribution in [2.45, 2.75) is 38.6 Å². The Morgan fingerprint density at radius 3 is 2.52 bits per heavy atom. The molecule has 1 rings (SSSR count). The molecule has 6 heteroatoms. The van der Waals surface area contributed by atoms with Gasteiger partial charge in [0.2, 0.25) is 11.8 Å². The summed E-state index contributed by atoms with van der Waals surface area (Å²) in [6, 6.07) is -0.375. The molecule has 0 spiro atoms. The summed E-state index contributed by atoms with van der Waals surface area (Å²) in [6.45, 7) is 5.53. The van der Waals surface area contributed by atoms with Crippen LogP contribution in [0.1, 0.15) is 32.6 Å². The minimum Gasteiger partial charge on any atom is -0.348 e. The molecule has 0 bridgehead atoms. The number of nitrogens with two attached hydrogens (primary N) is 1. The molecule has 21 heavy (non-hydrogen) atoms. The van der Waals surface area contributed by atoms with E-state index in [9.17, 15) is 9.59 Å². The molecular formula is C15H30N4O2. The molecule has 2 N–H and O–H groups in total. The van der Waals surface area contributed by atoms with Crippen molar-refractivity contribution >= 4 is 11.8 Å². The van der Waals surface area contributed by atoms with Gasteiger partial charge in [0.25, 0.3) is 0 Å². The van der Waals surface area contributed by atoms with Crippen molar-refractivity contribution in [1.82, 2.24) is 14.7 Å². The smallest absolute Gasteiger partial charge is 0.239 e. The van der Waals surface area contributed by atoms with Crippen molar-refractivity contribution in [1.29, 1.82) is 0 Å². The first-order chi connectivity index (χ1) is 9.95. The van der Waals surface area contributed by atoms with Gasteiger partial charge in [-0.3, -0.25) is 14.5 Å². The van der Waals surface area contributed by atoms with E-state index in [1.165, 1.54) is 0 Å². The van der Waals surface area contributed by atoms with E-state index in [2.05, 4.69) is 11.8 Å². The summed E-state index contributed by atoms with van der Waals surface area (Å²) in [6.07, 6.45) is 3.70. The molecule has 6 nitrogen and oxygen atoms in total. The van der Waals surface area contributed by atoms with Crippen LogP contribution in [0, 0.1) is 0 Å². The van der Waals surface area contributed by atoms with Crippen molar-refractivity contribution < 1.29 is 9.59 Å². The molecule has 1 aliphatic rings. The Kier molecular flexibility index (Phi) is 7.67. The van der Waals surface area contributed by atoms with Crippen LogP contribution in [0.5, 0.6) is 0 Å². The lowest BCUT2D eigenvalue weighted by atomic mass is 10.1. The molecule has 0 unspecified atom stereocenters. The highest BCUT2D eigenvalue weighted by Crippen LogP contribution is 2.08. The molecule has 1 atom stereocenters. The fourth-order valence-electron chi connectivity index (χ4n) is 2.46. The lowest BCUT2D eigenvalue weighted by molar-refractivity contribution is -0.132. The minimum atomic E-state index is -0.375. The van der Waals surface area contributed by atoms with Gasteiger partial charge in [0.15, 0.2) is 0 Å². The van der Waals surface area contributed by atoms with E-state index in [1.54, 1.807) is 19.0 Å². The summed E-state index contributed by atoms with van der Waals surface area (Å²) in [4.78, 5) is 29.6. The number of likely N-dealkylation sites (N-methyl/N-ethyl adjacent to an activating group) is 1. The van der Waals surface area contributed by atoms with E-state index in [1.807, 2.05) is 4.90 Å². The maximum Gasteiger partial charge on any atom is 0.239 e. The first-order valence-corrected chi connectivity index (χ1v) is 7.92. The number of amides is 2. The van der Waals surface area contributed by atoms with Crippen molar-refractivity contribution in [3.05, 3.63) is 0 Å². The molecule has 0 saturated carbocycles. The van der Waals surface area contributed by atoms with Crippen LogP contribution in [0.2, 0.25) is 0 Å². The Balaban J connectivity index is 2.44. The third-order valence-electron chi connectivity index (χ3n) is 3.94. The molecule has 1 aliphatic heterocycles. The van der Waals surface area contributed by atoms with Gasteiger partial charge in [-0.1, -0.05) is 19.8 Å². The van der Waals surface area contributed by atoms with Crippen molar-refractivity contribution in [2.24, 2.45) is 5.73 Å². The van der Waals surface area contributed by atoms with Gasteiger partial charge in [-0.25, -0.2) is 0 Å². The second kappa shape index (κ2) is 9.00. The lowest BCUT2D eigenvalue weighted by Crippen LogP contribution is -2.45. The van der Waals surface area contributed by atoms with Crippen LogP contribution >= 0.6 is 0 Å². The first kappa shape index (κ1) is 17.9. The predicted molar refractivity (Wildman–Crippen MR) is 83.8 cm³/mol. The highest BCUT2D eigenvalue weighted by molar-refractivity contribution is 5.81. The number of nitrogens with zero attached hydrogens (tertiary/aromatic N) is 3. The Hall–Kier alpha value is -1.14. The second-order valence-corrected chi connectivity index (χ2v) is 5.99. The van der Waals surface area contributed by atoms with Gasteiger partial charge in [-0.2, -0.15) is 0 Å². The van der Waals surface area contributed by atoms with Crippen LogP contribution in [0.4, 0.5) is 0 Å². The summed E-state index contributed by atoms with van der Waals surface area (Å²) in [5, 5.41) is 0. The molecule has 0 aromatic carbocycles. The topological polar surface area (TPSA) is 69.9 Å². The highest BCUT2D eigenvalue weighted by Gasteiger charge is 2.24. The van der Waals surface area contributed by atoms with Crippen molar-refractivity contribution in [2.75, 3.05) is 46.8 Å². The number of hydrogen-bond donors (Lipinski definition) is 1. The van der Waals surface area contributed by atoms with Crippen molar-refractivity contribution in [3.63, 3.8) is 0 Å². The molecule has 0 radical (unpaired) electrons. The minimum absolute atomic E-state index is 0.0595. The SMILES string of the molecule is CCCC[C@H](N)C(=O)N1CCCN(CC(=O)N(C)C)CC1. The Labute approximate surface area is 128 Å². The fourth-order valence-corrected chi connectivity index (χ4v) is 2.46. The van der Waals surface area contributed by atoms with E-state index >= 15 is 0 Å². The van der Waals surface area contributed by atoms with Gasteiger partial charge in [0.1, 0.15) is 0 Å². The normalized spacial score (nSPS) is 18.2. The summed E-state index contributed by atoms with van der Waals surface area (Å²) >= 11 is 0. The highest BCUT2D eigenvalue weighted by atomic mass is 16.2. The third-order valence-corrected chi connectivity index (χ3v) is 3.94.